The Bertz CT molecular complexity index is 1280. The summed E-state index contributed by atoms with van der Waals surface area (Å²) in [6.07, 6.45) is 1.55. The van der Waals surface area contributed by atoms with Crippen LogP contribution in [-0.2, 0) is 20.1 Å². The molecule has 0 bridgehead atoms. The second-order valence-corrected chi connectivity index (χ2v) is 6.70. The number of nitrogens with one attached hydrogen (secondary N) is 1. The smallest absolute Gasteiger partial charge is 0.317 e. The van der Waals surface area contributed by atoms with Gasteiger partial charge in [0.15, 0.2) is 0 Å². The van der Waals surface area contributed by atoms with E-state index in [4.69, 9.17) is 4.42 Å². The van der Waals surface area contributed by atoms with Gasteiger partial charge in [-0.2, -0.15) is 0 Å². The summed E-state index contributed by atoms with van der Waals surface area (Å²) < 4.78 is 8.02. The predicted octanol–water partition coefficient (Wildman–Crippen LogP) is 2.27. The SMILES string of the molecule is Cn1c(=O)c(=O)n(Cc2ccc(C(=O)NCc3ccco3)cc2)c2ccccc21. The van der Waals surface area contributed by atoms with Gasteiger partial charge in [-0.25, -0.2) is 0 Å². The van der Waals surface area contributed by atoms with Crippen LogP contribution in [0.2, 0.25) is 0 Å². The predicted molar refractivity (Wildman–Crippen MR) is 109 cm³/mol. The number of amides is 1. The van der Waals surface area contributed by atoms with Gasteiger partial charge in [0.25, 0.3) is 5.91 Å². The average molecular weight is 389 g/mol. The molecule has 0 aliphatic rings. The molecular weight excluding hydrogens is 370 g/mol. The Morgan fingerprint density at radius 3 is 2.34 bits per heavy atom. The van der Waals surface area contributed by atoms with Crippen LogP contribution in [0, 0.1) is 0 Å². The van der Waals surface area contributed by atoms with Crippen molar-refractivity contribution in [3.05, 3.63) is 105 Å². The zero-order valence-corrected chi connectivity index (χ0v) is 15.8. The molecule has 2 heterocycles. The molecule has 0 saturated heterocycles. The van der Waals surface area contributed by atoms with Crippen molar-refractivity contribution in [1.29, 1.82) is 0 Å². The molecule has 0 radical (unpaired) electrons. The molecule has 0 aliphatic carbocycles. The van der Waals surface area contributed by atoms with E-state index >= 15 is 0 Å². The third-order valence-electron chi connectivity index (χ3n) is 4.83. The molecule has 4 rings (SSSR count). The van der Waals surface area contributed by atoms with Crippen molar-refractivity contribution < 1.29 is 9.21 Å². The summed E-state index contributed by atoms with van der Waals surface area (Å²) in [6, 6.07) is 17.8. The Morgan fingerprint density at radius 2 is 1.66 bits per heavy atom. The van der Waals surface area contributed by atoms with E-state index in [9.17, 15) is 14.4 Å². The Kier molecular flexibility index (Phi) is 4.87. The van der Waals surface area contributed by atoms with Gasteiger partial charge in [-0.3, -0.25) is 19.0 Å². The molecule has 4 aromatic rings. The highest BCUT2D eigenvalue weighted by atomic mass is 16.3. The Hall–Kier alpha value is -3.87. The number of benzene rings is 2. The van der Waals surface area contributed by atoms with Crippen molar-refractivity contribution in [2.24, 2.45) is 7.05 Å². The van der Waals surface area contributed by atoms with Crippen LogP contribution in [0.15, 0.2) is 80.9 Å². The molecule has 0 aliphatic heterocycles. The van der Waals surface area contributed by atoms with Crippen molar-refractivity contribution in [2.45, 2.75) is 13.1 Å². The maximum absolute atomic E-state index is 12.5. The molecule has 1 amide bonds. The number of carbonyl (C=O) groups excluding carboxylic acids is 1. The van der Waals surface area contributed by atoms with Crippen molar-refractivity contribution in [3.8, 4) is 0 Å². The van der Waals surface area contributed by atoms with E-state index in [2.05, 4.69) is 5.32 Å². The Balaban J connectivity index is 1.57. The second-order valence-electron chi connectivity index (χ2n) is 6.70. The highest BCUT2D eigenvalue weighted by Gasteiger charge is 2.12. The molecule has 0 atom stereocenters. The molecule has 0 fully saturated rings. The van der Waals surface area contributed by atoms with E-state index < -0.39 is 11.1 Å². The van der Waals surface area contributed by atoms with Gasteiger partial charge in [0.2, 0.25) is 0 Å². The van der Waals surface area contributed by atoms with Gasteiger partial charge in [-0.15, -0.1) is 0 Å². The summed E-state index contributed by atoms with van der Waals surface area (Å²) in [5.41, 5.74) is 1.53. The molecule has 0 spiro atoms. The molecule has 7 nitrogen and oxygen atoms in total. The van der Waals surface area contributed by atoms with Gasteiger partial charge >= 0.3 is 11.1 Å². The number of carbonyl (C=O) groups is 1. The molecule has 2 aromatic heterocycles. The topological polar surface area (TPSA) is 86.2 Å². The summed E-state index contributed by atoms with van der Waals surface area (Å²) in [6.45, 7) is 0.548. The van der Waals surface area contributed by atoms with Gasteiger partial charge < -0.3 is 14.3 Å². The summed E-state index contributed by atoms with van der Waals surface area (Å²) in [4.78, 5) is 37.1. The van der Waals surface area contributed by atoms with Crippen molar-refractivity contribution in [2.75, 3.05) is 0 Å². The third kappa shape index (κ3) is 3.62. The standard InChI is InChI=1S/C22H19N3O4/c1-24-18-6-2-3-7-19(18)25(22(28)21(24)27)14-15-8-10-16(11-9-15)20(26)23-13-17-5-4-12-29-17/h2-12H,13-14H2,1H3,(H,23,26). The summed E-state index contributed by atoms with van der Waals surface area (Å²) in [5, 5.41) is 2.79. The maximum atomic E-state index is 12.5. The number of furan rings is 1. The van der Waals surface area contributed by atoms with Crippen LogP contribution in [-0.4, -0.2) is 15.0 Å². The number of aryl methyl sites for hydroxylation is 1. The second kappa shape index (κ2) is 7.63. The third-order valence-corrected chi connectivity index (χ3v) is 4.83. The van der Waals surface area contributed by atoms with Gasteiger partial charge in [-0.1, -0.05) is 24.3 Å². The summed E-state index contributed by atoms with van der Waals surface area (Å²) in [7, 11) is 1.59. The lowest BCUT2D eigenvalue weighted by Gasteiger charge is -2.13. The highest BCUT2D eigenvalue weighted by Crippen LogP contribution is 2.12. The molecule has 29 heavy (non-hydrogen) atoms. The highest BCUT2D eigenvalue weighted by molar-refractivity contribution is 5.94. The van der Waals surface area contributed by atoms with Gasteiger partial charge in [0, 0.05) is 12.6 Å². The molecule has 146 valence electrons. The fourth-order valence-corrected chi connectivity index (χ4v) is 3.24. The van der Waals surface area contributed by atoms with E-state index in [1.54, 1.807) is 55.8 Å². The van der Waals surface area contributed by atoms with Gasteiger partial charge in [0.05, 0.1) is 30.4 Å². The Labute approximate surface area is 165 Å². The zero-order valence-electron chi connectivity index (χ0n) is 15.8. The first-order valence-corrected chi connectivity index (χ1v) is 9.12. The molecule has 0 saturated carbocycles. The lowest BCUT2D eigenvalue weighted by atomic mass is 10.1. The van der Waals surface area contributed by atoms with Crippen LogP contribution in [0.4, 0.5) is 0 Å². The lowest BCUT2D eigenvalue weighted by Crippen LogP contribution is -2.40. The van der Waals surface area contributed by atoms with Crippen molar-refractivity contribution in [3.63, 3.8) is 0 Å². The molecule has 1 N–H and O–H groups in total. The number of nitrogens with zero attached hydrogens (tertiary/aromatic N) is 2. The lowest BCUT2D eigenvalue weighted by molar-refractivity contribution is 0.0948. The maximum Gasteiger partial charge on any atom is 0.317 e. The quantitative estimate of drug-likeness (QED) is 0.531. The van der Waals surface area contributed by atoms with Crippen LogP contribution >= 0.6 is 0 Å². The first-order valence-electron chi connectivity index (χ1n) is 9.12. The van der Waals surface area contributed by atoms with E-state index in [-0.39, 0.29) is 12.5 Å². The zero-order chi connectivity index (χ0) is 20.4. The van der Waals surface area contributed by atoms with Gasteiger partial charge in [-0.05, 0) is 42.0 Å². The first kappa shape index (κ1) is 18.5. The van der Waals surface area contributed by atoms with E-state index in [1.165, 1.54) is 9.13 Å². The molecule has 7 heteroatoms. The van der Waals surface area contributed by atoms with Crippen LogP contribution in [0.25, 0.3) is 11.0 Å². The Morgan fingerprint density at radius 1 is 0.931 bits per heavy atom. The van der Waals surface area contributed by atoms with Crippen molar-refractivity contribution in [1.82, 2.24) is 14.5 Å². The fourth-order valence-electron chi connectivity index (χ4n) is 3.24. The molecular formula is C22H19N3O4. The number of fused-ring (bicyclic) bond motifs is 1. The largest absolute Gasteiger partial charge is 0.467 e. The summed E-state index contributed by atoms with van der Waals surface area (Å²) in [5.74, 6) is 0.455. The molecule has 0 unspecified atom stereocenters. The first-order chi connectivity index (χ1) is 14.0. The van der Waals surface area contributed by atoms with Gasteiger partial charge in [0.1, 0.15) is 5.76 Å². The van der Waals surface area contributed by atoms with Crippen LogP contribution in [0.3, 0.4) is 0 Å². The monoisotopic (exact) mass is 389 g/mol. The van der Waals surface area contributed by atoms with Crippen molar-refractivity contribution >= 4 is 16.9 Å². The number of aromatic nitrogens is 2. The van der Waals surface area contributed by atoms with Crippen LogP contribution in [0.5, 0.6) is 0 Å². The average Bonchev–Trinajstić information content (AvgIpc) is 3.27. The van der Waals surface area contributed by atoms with Crippen LogP contribution < -0.4 is 16.4 Å². The van der Waals surface area contributed by atoms with Crippen LogP contribution in [0.1, 0.15) is 21.7 Å². The van der Waals surface area contributed by atoms with E-state index in [1.807, 2.05) is 18.2 Å². The normalized spacial score (nSPS) is 10.9. The number of para-hydroxylation sites is 2. The van der Waals surface area contributed by atoms with E-state index in [0.717, 1.165) is 5.56 Å². The minimum atomic E-state index is -0.577. The summed E-state index contributed by atoms with van der Waals surface area (Å²) >= 11 is 0. The number of hydrogen-bond acceptors (Lipinski definition) is 4. The molecule has 2 aromatic carbocycles. The number of rotatable bonds is 5. The van der Waals surface area contributed by atoms with E-state index in [0.29, 0.717) is 28.9 Å². The fraction of sp³-hybridized carbons (Fsp3) is 0.136. The minimum absolute atomic E-state index is 0.218. The number of hydrogen-bond donors (Lipinski definition) is 1. The minimum Gasteiger partial charge on any atom is -0.467 e.